The van der Waals surface area contributed by atoms with Crippen LogP contribution in [-0.4, -0.2) is 53.6 Å². The van der Waals surface area contributed by atoms with E-state index >= 15 is 0 Å². The van der Waals surface area contributed by atoms with Crippen LogP contribution >= 0.6 is 0 Å². The molecule has 0 saturated carbocycles. The molecule has 1 aromatic heterocycles. The summed E-state index contributed by atoms with van der Waals surface area (Å²) in [5.41, 5.74) is 3.40. The highest BCUT2D eigenvalue weighted by molar-refractivity contribution is 5.98. The second kappa shape index (κ2) is 10.6. The van der Waals surface area contributed by atoms with Crippen LogP contribution in [0.25, 0.3) is 10.8 Å². The predicted octanol–water partition coefficient (Wildman–Crippen LogP) is 5.14. The quantitative estimate of drug-likeness (QED) is 0.272. The lowest BCUT2D eigenvalue weighted by molar-refractivity contribution is 0.0452. The second-order valence-corrected chi connectivity index (χ2v) is 8.82. The van der Waals surface area contributed by atoms with Gasteiger partial charge in [-0.05, 0) is 47.3 Å². The summed E-state index contributed by atoms with van der Waals surface area (Å²) in [7, 11) is 9.37. The number of cyclic esters (lactones) is 1. The Bertz CT molecular complexity index is 1570. The zero-order chi connectivity index (χ0) is 27.7. The number of ether oxygens (including phenoxy) is 7. The highest BCUT2D eigenvalue weighted by atomic mass is 16.6. The number of benzene rings is 3. The Morgan fingerprint density at radius 3 is 2.03 bits per heavy atom. The first kappa shape index (κ1) is 26.0. The molecular weight excluding hydrogens is 502 g/mol. The van der Waals surface area contributed by atoms with Crippen molar-refractivity contribution in [2.75, 3.05) is 42.7 Å². The fourth-order valence-electron chi connectivity index (χ4n) is 5.05. The Morgan fingerprint density at radius 2 is 1.36 bits per heavy atom. The van der Waals surface area contributed by atoms with E-state index in [1.54, 1.807) is 40.7 Å². The third-order valence-corrected chi connectivity index (χ3v) is 6.93. The number of hydrogen-bond donors (Lipinski definition) is 0. The van der Waals surface area contributed by atoms with E-state index in [4.69, 9.17) is 38.1 Å². The molecule has 2 heterocycles. The largest absolute Gasteiger partial charge is 0.493 e. The van der Waals surface area contributed by atoms with E-state index in [2.05, 4.69) is 0 Å². The zero-order valence-electron chi connectivity index (χ0n) is 22.6. The van der Waals surface area contributed by atoms with Crippen LogP contribution in [0, 0.1) is 0 Å². The molecule has 9 nitrogen and oxygen atoms in total. The van der Waals surface area contributed by atoms with Crippen LogP contribution in [0.3, 0.4) is 0 Å². The Hall–Kier alpha value is -4.66. The van der Waals surface area contributed by atoms with E-state index in [0.29, 0.717) is 52.0 Å². The standard InChI is InChI=1S/C30H29NO8/c1-33-22-8-7-18-27(29(22)38-6)30(32)39-28(18)20-15-26(37-5)24(35-3)13-17(20)11-21-19-14-25(36-4)23(34-2)12-16(19)9-10-31-21/h7-10,12-15,28H,11H2,1-6H3. The van der Waals surface area contributed by atoms with Gasteiger partial charge >= 0.3 is 5.97 Å². The number of rotatable bonds is 9. The summed E-state index contributed by atoms with van der Waals surface area (Å²) in [6, 6.07) is 13.1. The van der Waals surface area contributed by atoms with Gasteiger partial charge in [-0.1, -0.05) is 6.07 Å². The molecule has 202 valence electrons. The van der Waals surface area contributed by atoms with Crippen molar-refractivity contribution in [1.82, 2.24) is 4.98 Å². The van der Waals surface area contributed by atoms with Gasteiger partial charge in [-0.2, -0.15) is 0 Å². The molecule has 0 spiro atoms. The van der Waals surface area contributed by atoms with Crippen LogP contribution < -0.4 is 28.4 Å². The fraction of sp³-hybridized carbons (Fsp3) is 0.267. The Kier molecular flexibility index (Phi) is 7.06. The monoisotopic (exact) mass is 531 g/mol. The SMILES string of the molecule is COc1cc(Cc2nccc3cc(OC)c(OC)cc23)c(C2OC(=O)c3c2ccc(OC)c3OC)cc1OC. The van der Waals surface area contributed by atoms with E-state index in [-0.39, 0.29) is 0 Å². The molecule has 0 fully saturated rings. The molecule has 4 aromatic rings. The number of carbonyl (C=O) groups excluding carboxylic acids is 1. The second-order valence-electron chi connectivity index (χ2n) is 8.82. The van der Waals surface area contributed by atoms with Crippen molar-refractivity contribution in [3.8, 4) is 34.5 Å². The van der Waals surface area contributed by atoms with Crippen LogP contribution in [0.4, 0.5) is 0 Å². The fourth-order valence-corrected chi connectivity index (χ4v) is 5.05. The van der Waals surface area contributed by atoms with Crippen molar-refractivity contribution in [2.24, 2.45) is 0 Å². The van der Waals surface area contributed by atoms with Crippen molar-refractivity contribution in [3.05, 3.63) is 76.6 Å². The Labute approximate surface area is 226 Å². The van der Waals surface area contributed by atoms with Gasteiger partial charge in [-0.25, -0.2) is 4.79 Å². The molecular formula is C30H29NO8. The average molecular weight is 532 g/mol. The number of aromatic nitrogens is 1. The van der Waals surface area contributed by atoms with E-state index in [0.717, 1.165) is 27.6 Å². The van der Waals surface area contributed by atoms with Crippen molar-refractivity contribution < 1.29 is 38.0 Å². The van der Waals surface area contributed by atoms with Gasteiger partial charge in [-0.15, -0.1) is 0 Å². The molecule has 0 amide bonds. The summed E-state index contributed by atoms with van der Waals surface area (Å²) < 4.78 is 39.1. The van der Waals surface area contributed by atoms with Gasteiger partial charge in [0.1, 0.15) is 5.56 Å². The minimum atomic E-state index is -0.702. The van der Waals surface area contributed by atoms with Crippen molar-refractivity contribution >= 4 is 16.7 Å². The molecule has 0 radical (unpaired) electrons. The number of fused-ring (bicyclic) bond motifs is 2. The van der Waals surface area contributed by atoms with Crippen LogP contribution in [0.5, 0.6) is 34.5 Å². The van der Waals surface area contributed by atoms with Crippen LogP contribution in [0.2, 0.25) is 0 Å². The van der Waals surface area contributed by atoms with E-state index in [1.807, 2.05) is 36.4 Å². The smallest absolute Gasteiger partial charge is 0.343 e. The highest BCUT2D eigenvalue weighted by Crippen LogP contribution is 2.47. The summed E-state index contributed by atoms with van der Waals surface area (Å²) in [5.74, 6) is 2.59. The lowest BCUT2D eigenvalue weighted by Gasteiger charge is -2.20. The molecule has 0 N–H and O–H groups in total. The Morgan fingerprint density at radius 1 is 0.718 bits per heavy atom. The number of carbonyl (C=O) groups is 1. The number of nitrogens with zero attached hydrogens (tertiary/aromatic N) is 1. The molecule has 1 unspecified atom stereocenters. The molecule has 1 atom stereocenters. The van der Waals surface area contributed by atoms with Crippen LogP contribution in [0.1, 0.15) is 38.8 Å². The van der Waals surface area contributed by atoms with Gasteiger partial charge in [0.05, 0.1) is 48.4 Å². The summed E-state index contributed by atoms with van der Waals surface area (Å²) in [6.07, 6.45) is 1.47. The van der Waals surface area contributed by atoms with Crippen LogP contribution in [0.15, 0.2) is 48.7 Å². The van der Waals surface area contributed by atoms with E-state index in [9.17, 15) is 4.79 Å². The maximum absolute atomic E-state index is 13.1. The molecule has 1 aliphatic rings. The minimum absolute atomic E-state index is 0.335. The third-order valence-electron chi connectivity index (χ3n) is 6.93. The topological polar surface area (TPSA) is 94.6 Å². The summed E-state index contributed by atoms with van der Waals surface area (Å²) >= 11 is 0. The maximum Gasteiger partial charge on any atom is 0.343 e. The van der Waals surface area contributed by atoms with Gasteiger partial charge in [0.25, 0.3) is 0 Å². The number of pyridine rings is 1. The van der Waals surface area contributed by atoms with Crippen LogP contribution in [-0.2, 0) is 11.2 Å². The van der Waals surface area contributed by atoms with E-state index < -0.39 is 12.1 Å². The molecule has 0 bridgehead atoms. The molecule has 39 heavy (non-hydrogen) atoms. The number of hydrogen-bond acceptors (Lipinski definition) is 9. The molecule has 3 aromatic carbocycles. The lowest BCUT2D eigenvalue weighted by Crippen LogP contribution is -2.08. The van der Waals surface area contributed by atoms with Crippen molar-refractivity contribution in [2.45, 2.75) is 12.5 Å². The van der Waals surface area contributed by atoms with Gasteiger partial charge in [0, 0.05) is 29.1 Å². The Balaban J connectivity index is 1.68. The van der Waals surface area contributed by atoms with Gasteiger partial charge < -0.3 is 33.2 Å². The maximum atomic E-state index is 13.1. The molecule has 9 heteroatoms. The number of methoxy groups -OCH3 is 6. The average Bonchev–Trinajstić information content (AvgIpc) is 3.31. The summed E-state index contributed by atoms with van der Waals surface area (Å²) in [4.78, 5) is 17.8. The third kappa shape index (κ3) is 4.39. The predicted molar refractivity (Wildman–Crippen MR) is 144 cm³/mol. The molecule has 0 aliphatic carbocycles. The molecule has 5 rings (SSSR count). The molecule has 0 saturated heterocycles. The van der Waals surface area contributed by atoms with Gasteiger partial charge in [-0.3, -0.25) is 4.98 Å². The summed E-state index contributed by atoms with van der Waals surface area (Å²) in [5, 5.41) is 1.86. The van der Waals surface area contributed by atoms with Crippen molar-refractivity contribution in [3.63, 3.8) is 0 Å². The van der Waals surface area contributed by atoms with Gasteiger partial charge in [0.2, 0.25) is 0 Å². The van der Waals surface area contributed by atoms with E-state index in [1.165, 1.54) is 14.2 Å². The number of esters is 1. The first-order valence-corrected chi connectivity index (χ1v) is 12.2. The summed E-state index contributed by atoms with van der Waals surface area (Å²) in [6.45, 7) is 0. The first-order valence-electron chi connectivity index (χ1n) is 12.2. The molecule has 1 aliphatic heterocycles. The zero-order valence-corrected chi connectivity index (χ0v) is 22.6. The van der Waals surface area contributed by atoms with Crippen molar-refractivity contribution in [1.29, 1.82) is 0 Å². The lowest BCUT2D eigenvalue weighted by atomic mass is 9.91. The first-order chi connectivity index (χ1) is 19.0. The normalized spacial score (nSPS) is 14.0. The highest BCUT2D eigenvalue weighted by Gasteiger charge is 2.38. The van der Waals surface area contributed by atoms with Gasteiger partial charge in [0.15, 0.2) is 40.6 Å². The minimum Gasteiger partial charge on any atom is -0.493 e.